The number of rotatable bonds is 5. The van der Waals surface area contributed by atoms with Crippen molar-refractivity contribution in [1.29, 1.82) is 0 Å². The van der Waals surface area contributed by atoms with E-state index < -0.39 is 16.1 Å². The van der Waals surface area contributed by atoms with E-state index in [-0.39, 0.29) is 5.91 Å². The molecule has 1 aromatic rings. The summed E-state index contributed by atoms with van der Waals surface area (Å²) < 4.78 is 26.5. The molecular weight excluding hydrogens is 278 g/mol. The largest absolute Gasteiger partial charge is 0.354 e. The maximum Gasteiger partial charge on any atom is 0.238 e. The summed E-state index contributed by atoms with van der Waals surface area (Å²) >= 11 is 0. The maximum absolute atomic E-state index is 12.1. The highest BCUT2D eigenvalue weighted by Gasteiger charge is 2.36. The molecule has 0 saturated carbocycles. The van der Waals surface area contributed by atoms with Crippen LogP contribution in [0.3, 0.4) is 0 Å². The fourth-order valence-electron chi connectivity index (χ4n) is 2.59. The minimum absolute atomic E-state index is 0.192. The predicted octanol–water partition coefficient (Wildman–Crippen LogP) is 0.108. The van der Waals surface area contributed by atoms with Crippen molar-refractivity contribution in [2.75, 3.05) is 19.3 Å². The summed E-state index contributed by atoms with van der Waals surface area (Å²) in [6.07, 6.45) is 5.19. The number of aryl methyl sites for hydroxylation is 1. The van der Waals surface area contributed by atoms with Crippen LogP contribution in [0.2, 0.25) is 0 Å². The smallest absolute Gasteiger partial charge is 0.238 e. The van der Waals surface area contributed by atoms with E-state index in [2.05, 4.69) is 5.32 Å². The van der Waals surface area contributed by atoms with Gasteiger partial charge in [0, 0.05) is 38.4 Å². The molecule has 7 heteroatoms. The number of nitrogens with one attached hydrogen (secondary N) is 1. The van der Waals surface area contributed by atoms with Crippen LogP contribution in [0, 0.1) is 0 Å². The minimum atomic E-state index is -3.30. The molecule has 1 saturated heterocycles. The van der Waals surface area contributed by atoms with Gasteiger partial charge in [-0.2, -0.15) is 4.31 Å². The SMILES string of the molecule is Cn1cccc1CCNC(=O)[C@@H]1CCCN1S(C)(=O)=O. The van der Waals surface area contributed by atoms with Gasteiger partial charge in [-0.3, -0.25) is 4.79 Å². The lowest BCUT2D eigenvalue weighted by atomic mass is 10.2. The van der Waals surface area contributed by atoms with Crippen LogP contribution >= 0.6 is 0 Å². The van der Waals surface area contributed by atoms with Crippen LogP contribution in [0.25, 0.3) is 0 Å². The van der Waals surface area contributed by atoms with Gasteiger partial charge in [0.1, 0.15) is 6.04 Å². The molecule has 112 valence electrons. The van der Waals surface area contributed by atoms with Gasteiger partial charge in [-0.25, -0.2) is 8.42 Å². The van der Waals surface area contributed by atoms with E-state index in [1.54, 1.807) is 0 Å². The molecule has 0 aromatic carbocycles. The van der Waals surface area contributed by atoms with Gasteiger partial charge in [-0.1, -0.05) is 0 Å². The number of hydrogen-bond acceptors (Lipinski definition) is 3. The standard InChI is InChI=1S/C13H21N3O3S/c1-15-9-3-5-11(15)7-8-14-13(17)12-6-4-10-16(12)20(2,18)19/h3,5,9,12H,4,6-8,10H2,1-2H3,(H,14,17)/t12-/m0/s1. The van der Waals surface area contributed by atoms with Crippen molar-refractivity contribution in [1.82, 2.24) is 14.2 Å². The molecule has 0 aliphatic carbocycles. The van der Waals surface area contributed by atoms with E-state index in [0.29, 0.717) is 19.5 Å². The van der Waals surface area contributed by atoms with Gasteiger partial charge in [0.05, 0.1) is 6.26 Å². The van der Waals surface area contributed by atoms with E-state index in [1.807, 2.05) is 29.9 Å². The monoisotopic (exact) mass is 299 g/mol. The number of carbonyl (C=O) groups is 1. The summed E-state index contributed by atoms with van der Waals surface area (Å²) in [5, 5.41) is 2.83. The molecule has 1 aliphatic heterocycles. The van der Waals surface area contributed by atoms with Gasteiger partial charge in [0.15, 0.2) is 0 Å². The van der Waals surface area contributed by atoms with Crippen molar-refractivity contribution >= 4 is 15.9 Å². The summed E-state index contributed by atoms with van der Waals surface area (Å²) in [7, 11) is -1.35. The third kappa shape index (κ3) is 3.40. The fraction of sp³-hybridized carbons (Fsp3) is 0.615. The zero-order valence-electron chi connectivity index (χ0n) is 11.9. The molecule has 0 spiro atoms. The van der Waals surface area contributed by atoms with Crippen molar-refractivity contribution in [2.24, 2.45) is 7.05 Å². The van der Waals surface area contributed by atoms with E-state index in [1.165, 1.54) is 4.31 Å². The van der Waals surface area contributed by atoms with E-state index in [4.69, 9.17) is 0 Å². The number of amides is 1. The Balaban J connectivity index is 1.87. The van der Waals surface area contributed by atoms with Crippen LogP contribution in [0.1, 0.15) is 18.5 Å². The first-order chi connectivity index (χ1) is 9.39. The Kier molecular flexibility index (Phi) is 4.49. The first-order valence-corrected chi connectivity index (χ1v) is 8.59. The van der Waals surface area contributed by atoms with Gasteiger partial charge >= 0.3 is 0 Å². The third-order valence-electron chi connectivity index (χ3n) is 3.66. The summed E-state index contributed by atoms with van der Waals surface area (Å²) in [5.41, 5.74) is 1.14. The highest BCUT2D eigenvalue weighted by atomic mass is 32.2. The normalized spacial score (nSPS) is 20.2. The Bertz CT molecular complexity index is 579. The number of sulfonamides is 1. The predicted molar refractivity (Wildman–Crippen MR) is 76.7 cm³/mol. The zero-order valence-corrected chi connectivity index (χ0v) is 12.7. The summed E-state index contributed by atoms with van der Waals surface area (Å²) in [5.74, 6) is -0.192. The second-order valence-electron chi connectivity index (χ2n) is 5.18. The molecule has 1 aliphatic rings. The van der Waals surface area contributed by atoms with Crippen LogP contribution in [0.15, 0.2) is 18.3 Å². The zero-order chi connectivity index (χ0) is 14.8. The molecular formula is C13H21N3O3S. The molecule has 1 N–H and O–H groups in total. The van der Waals surface area contributed by atoms with E-state index in [0.717, 1.165) is 24.8 Å². The summed E-state index contributed by atoms with van der Waals surface area (Å²) in [4.78, 5) is 12.1. The van der Waals surface area contributed by atoms with Gasteiger partial charge in [-0.15, -0.1) is 0 Å². The number of aromatic nitrogens is 1. The Morgan fingerprint density at radius 2 is 2.25 bits per heavy atom. The Hall–Kier alpha value is -1.34. The third-order valence-corrected chi connectivity index (χ3v) is 4.95. The van der Waals surface area contributed by atoms with E-state index >= 15 is 0 Å². The molecule has 6 nitrogen and oxygen atoms in total. The quantitative estimate of drug-likeness (QED) is 0.839. The van der Waals surface area contributed by atoms with Gasteiger partial charge in [0.25, 0.3) is 0 Å². The van der Waals surface area contributed by atoms with Crippen molar-refractivity contribution in [3.8, 4) is 0 Å². The van der Waals surface area contributed by atoms with Crippen molar-refractivity contribution in [3.05, 3.63) is 24.0 Å². The Labute approximate surface area is 119 Å². The highest BCUT2D eigenvalue weighted by Crippen LogP contribution is 2.20. The maximum atomic E-state index is 12.1. The molecule has 1 aromatic heterocycles. The van der Waals surface area contributed by atoms with Gasteiger partial charge < -0.3 is 9.88 Å². The fourth-order valence-corrected chi connectivity index (χ4v) is 3.71. The average Bonchev–Trinajstić information content (AvgIpc) is 2.97. The van der Waals surface area contributed by atoms with Crippen LogP contribution in [-0.2, 0) is 28.3 Å². The molecule has 1 amide bonds. The second-order valence-corrected chi connectivity index (χ2v) is 7.12. The van der Waals surface area contributed by atoms with Crippen LogP contribution in [0.5, 0.6) is 0 Å². The molecule has 1 fully saturated rings. The van der Waals surface area contributed by atoms with Crippen molar-refractivity contribution < 1.29 is 13.2 Å². The number of carbonyl (C=O) groups excluding carboxylic acids is 1. The topological polar surface area (TPSA) is 71.4 Å². The van der Waals surface area contributed by atoms with Gasteiger partial charge in [-0.05, 0) is 25.0 Å². The molecule has 1 atom stereocenters. The second kappa shape index (κ2) is 5.97. The Morgan fingerprint density at radius 3 is 2.85 bits per heavy atom. The lowest BCUT2D eigenvalue weighted by Gasteiger charge is -2.21. The first kappa shape index (κ1) is 15.1. The van der Waals surface area contributed by atoms with Gasteiger partial charge in [0.2, 0.25) is 15.9 Å². The molecule has 0 radical (unpaired) electrons. The molecule has 0 bridgehead atoms. The first-order valence-electron chi connectivity index (χ1n) is 6.74. The van der Waals surface area contributed by atoms with Crippen LogP contribution in [-0.4, -0.2) is 48.6 Å². The lowest BCUT2D eigenvalue weighted by molar-refractivity contribution is -0.124. The molecule has 0 unspecified atom stereocenters. The lowest BCUT2D eigenvalue weighted by Crippen LogP contribution is -2.45. The van der Waals surface area contributed by atoms with Crippen LogP contribution in [0.4, 0.5) is 0 Å². The number of hydrogen-bond donors (Lipinski definition) is 1. The Morgan fingerprint density at radius 1 is 1.50 bits per heavy atom. The van der Waals surface area contributed by atoms with Crippen LogP contribution < -0.4 is 5.32 Å². The number of nitrogens with zero attached hydrogens (tertiary/aromatic N) is 2. The molecule has 2 heterocycles. The molecule has 2 rings (SSSR count). The van der Waals surface area contributed by atoms with E-state index in [9.17, 15) is 13.2 Å². The molecule has 20 heavy (non-hydrogen) atoms. The van der Waals surface area contributed by atoms with Crippen molar-refractivity contribution in [3.63, 3.8) is 0 Å². The van der Waals surface area contributed by atoms with Crippen molar-refractivity contribution in [2.45, 2.75) is 25.3 Å². The average molecular weight is 299 g/mol. The highest BCUT2D eigenvalue weighted by molar-refractivity contribution is 7.88. The minimum Gasteiger partial charge on any atom is -0.354 e. The summed E-state index contributed by atoms with van der Waals surface area (Å²) in [6.45, 7) is 0.958. The summed E-state index contributed by atoms with van der Waals surface area (Å²) in [6, 6.07) is 3.42.